The van der Waals surface area contributed by atoms with Crippen LogP contribution in [-0.2, 0) is 4.79 Å². The fourth-order valence-electron chi connectivity index (χ4n) is 2.76. The van der Waals surface area contributed by atoms with Gasteiger partial charge in [-0.25, -0.2) is 4.79 Å². The third kappa shape index (κ3) is 2.85. The number of rotatable bonds is 4. The average Bonchev–Trinajstić information content (AvgIpc) is 2.54. The number of aromatic nitrogens is 2. The minimum Gasteiger partial charge on any atom is -0.307 e. The van der Waals surface area contributed by atoms with Crippen LogP contribution in [0.1, 0.15) is 24.9 Å². The third-order valence-corrected chi connectivity index (χ3v) is 3.81. The van der Waals surface area contributed by atoms with Crippen molar-refractivity contribution in [2.75, 3.05) is 0 Å². The van der Waals surface area contributed by atoms with Crippen LogP contribution in [0.4, 0.5) is 0 Å². The highest BCUT2D eigenvalue weighted by Crippen LogP contribution is 2.20. The Balaban J connectivity index is 2.28. The van der Waals surface area contributed by atoms with Crippen LogP contribution in [0, 0.1) is 0 Å². The predicted octanol–water partition coefficient (Wildman–Crippen LogP) is 2.26. The predicted molar refractivity (Wildman–Crippen MR) is 88.7 cm³/mol. The van der Waals surface area contributed by atoms with Crippen LogP contribution in [-0.4, -0.2) is 15.3 Å². The van der Waals surface area contributed by atoms with Crippen molar-refractivity contribution in [3.63, 3.8) is 0 Å². The van der Waals surface area contributed by atoms with Crippen molar-refractivity contribution in [1.29, 1.82) is 0 Å². The number of H-pyrrole nitrogens is 1. The van der Waals surface area contributed by atoms with Gasteiger partial charge in [-0.05, 0) is 24.6 Å². The van der Waals surface area contributed by atoms with E-state index in [2.05, 4.69) is 4.98 Å². The summed E-state index contributed by atoms with van der Waals surface area (Å²) in [5.41, 5.74) is 0.349. The minimum absolute atomic E-state index is 0.0849. The molecule has 3 rings (SSSR count). The molecule has 0 fully saturated rings. The van der Waals surface area contributed by atoms with Crippen LogP contribution in [0.15, 0.2) is 64.2 Å². The molecule has 0 amide bonds. The van der Waals surface area contributed by atoms with Crippen molar-refractivity contribution in [1.82, 2.24) is 9.55 Å². The monoisotopic (exact) mass is 308 g/mol. The van der Waals surface area contributed by atoms with Crippen LogP contribution in [0.3, 0.4) is 0 Å². The summed E-state index contributed by atoms with van der Waals surface area (Å²) in [6, 6.07) is 15.4. The lowest BCUT2D eigenvalue weighted by Crippen LogP contribution is -2.39. The lowest BCUT2D eigenvalue weighted by Gasteiger charge is -2.18. The zero-order valence-corrected chi connectivity index (χ0v) is 12.7. The lowest BCUT2D eigenvalue weighted by molar-refractivity contribution is -0.117. The van der Waals surface area contributed by atoms with E-state index in [0.717, 1.165) is 10.1 Å². The van der Waals surface area contributed by atoms with Crippen molar-refractivity contribution in [2.24, 2.45) is 0 Å². The molecule has 0 radical (unpaired) electrons. The van der Waals surface area contributed by atoms with E-state index in [1.54, 1.807) is 24.3 Å². The van der Waals surface area contributed by atoms with Crippen LogP contribution < -0.4 is 11.2 Å². The summed E-state index contributed by atoms with van der Waals surface area (Å²) in [6.45, 7) is 1.45. The number of benzene rings is 2. The molecule has 116 valence electrons. The van der Waals surface area contributed by atoms with Crippen molar-refractivity contribution in [3.8, 4) is 0 Å². The van der Waals surface area contributed by atoms with Crippen LogP contribution in [0.25, 0.3) is 10.9 Å². The Bertz CT molecular complexity index is 971. The van der Waals surface area contributed by atoms with E-state index in [1.165, 1.54) is 6.92 Å². The zero-order valence-electron chi connectivity index (χ0n) is 12.7. The molecule has 1 heterocycles. The molecular formula is C18H16N2O3. The SMILES string of the molecule is CC(=O)CC(c1ccccc1)n1c(=O)[nH]c2ccccc2c1=O. The molecule has 0 spiro atoms. The van der Waals surface area contributed by atoms with Crippen molar-refractivity contribution in [2.45, 2.75) is 19.4 Å². The zero-order chi connectivity index (χ0) is 16.4. The highest BCUT2D eigenvalue weighted by Gasteiger charge is 2.20. The topological polar surface area (TPSA) is 71.9 Å². The standard InChI is InChI=1S/C18H16N2O3/c1-12(21)11-16(13-7-3-2-4-8-13)20-17(22)14-9-5-6-10-15(14)19-18(20)23/h2-10,16H,11H2,1H3,(H,19,23). The second-order valence-electron chi connectivity index (χ2n) is 5.48. The number of hydrogen-bond donors (Lipinski definition) is 1. The molecule has 0 saturated heterocycles. The van der Waals surface area contributed by atoms with Gasteiger partial charge in [0, 0.05) is 6.42 Å². The molecular weight excluding hydrogens is 292 g/mol. The number of Topliss-reactive ketones (excluding diaryl/α,β-unsaturated/α-hetero) is 1. The number of nitrogens with one attached hydrogen (secondary N) is 1. The molecule has 0 aliphatic carbocycles. The lowest BCUT2D eigenvalue weighted by atomic mass is 10.0. The number of fused-ring (bicyclic) bond motifs is 1. The molecule has 1 aromatic heterocycles. The molecule has 0 aliphatic rings. The average molecular weight is 308 g/mol. The van der Waals surface area contributed by atoms with Gasteiger partial charge in [0.25, 0.3) is 5.56 Å². The van der Waals surface area contributed by atoms with E-state index in [4.69, 9.17) is 0 Å². The summed E-state index contributed by atoms with van der Waals surface area (Å²) in [5, 5.41) is 0.427. The molecule has 0 bridgehead atoms. The number of carbonyl (C=O) groups is 1. The molecule has 3 aromatic rings. The van der Waals surface area contributed by atoms with Gasteiger partial charge in [-0.15, -0.1) is 0 Å². The summed E-state index contributed by atoms with van der Waals surface area (Å²) in [6.07, 6.45) is 0.0886. The number of nitrogens with zero attached hydrogens (tertiary/aromatic N) is 1. The number of carbonyl (C=O) groups excluding carboxylic acids is 1. The van der Waals surface area contributed by atoms with Gasteiger partial charge in [-0.1, -0.05) is 42.5 Å². The summed E-state index contributed by atoms with van der Waals surface area (Å²) in [5.74, 6) is -0.0849. The van der Waals surface area contributed by atoms with Gasteiger partial charge < -0.3 is 4.98 Å². The minimum atomic E-state index is -0.616. The van der Waals surface area contributed by atoms with Crippen molar-refractivity contribution < 1.29 is 4.79 Å². The molecule has 0 saturated carbocycles. The Labute approximate surface area is 132 Å². The first-order valence-electron chi connectivity index (χ1n) is 7.36. The highest BCUT2D eigenvalue weighted by atomic mass is 16.2. The second kappa shape index (κ2) is 6.04. The molecule has 1 N–H and O–H groups in total. The van der Waals surface area contributed by atoms with Gasteiger partial charge in [-0.2, -0.15) is 0 Å². The van der Waals surface area contributed by atoms with Crippen LogP contribution in [0.2, 0.25) is 0 Å². The molecule has 5 heteroatoms. The fourth-order valence-corrected chi connectivity index (χ4v) is 2.76. The summed E-state index contributed by atoms with van der Waals surface area (Å²) in [7, 11) is 0. The first-order valence-corrected chi connectivity index (χ1v) is 7.36. The summed E-state index contributed by atoms with van der Waals surface area (Å²) < 4.78 is 1.14. The van der Waals surface area contributed by atoms with Crippen molar-refractivity contribution >= 4 is 16.7 Å². The quantitative estimate of drug-likeness (QED) is 0.803. The first-order chi connectivity index (χ1) is 11.1. The van der Waals surface area contributed by atoms with Gasteiger partial charge in [-0.3, -0.25) is 14.2 Å². The van der Waals surface area contributed by atoms with E-state index in [9.17, 15) is 14.4 Å². The molecule has 0 aliphatic heterocycles. The van der Waals surface area contributed by atoms with Gasteiger partial charge in [0.2, 0.25) is 0 Å². The molecule has 2 aromatic carbocycles. The third-order valence-electron chi connectivity index (χ3n) is 3.81. The Hall–Kier alpha value is -2.95. The second-order valence-corrected chi connectivity index (χ2v) is 5.48. The summed E-state index contributed by atoms with van der Waals surface area (Å²) in [4.78, 5) is 39.6. The smallest absolute Gasteiger partial charge is 0.307 e. The first kappa shape index (κ1) is 15.0. The van der Waals surface area contributed by atoms with E-state index in [-0.39, 0.29) is 17.8 Å². The maximum absolute atomic E-state index is 12.8. The maximum atomic E-state index is 12.8. The molecule has 1 atom stereocenters. The largest absolute Gasteiger partial charge is 0.329 e. The fraction of sp³-hybridized carbons (Fsp3) is 0.167. The van der Waals surface area contributed by atoms with E-state index < -0.39 is 11.7 Å². The summed E-state index contributed by atoms with van der Waals surface area (Å²) >= 11 is 0. The van der Waals surface area contributed by atoms with Crippen molar-refractivity contribution in [3.05, 3.63) is 81.0 Å². The van der Waals surface area contributed by atoms with E-state index >= 15 is 0 Å². The Morgan fingerprint density at radius 2 is 1.70 bits per heavy atom. The van der Waals surface area contributed by atoms with Gasteiger partial charge in [0.05, 0.1) is 16.9 Å². The highest BCUT2D eigenvalue weighted by molar-refractivity contribution is 5.78. The molecule has 23 heavy (non-hydrogen) atoms. The molecule has 1 unspecified atom stereocenters. The van der Waals surface area contributed by atoms with E-state index in [1.807, 2.05) is 30.3 Å². The molecule has 5 nitrogen and oxygen atoms in total. The Morgan fingerprint density at radius 1 is 1.04 bits per heavy atom. The number of para-hydroxylation sites is 1. The number of ketones is 1. The number of aromatic amines is 1. The number of hydrogen-bond acceptors (Lipinski definition) is 3. The maximum Gasteiger partial charge on any atom is 0.329 e. The normalized spacial score (nSPS) is 12.2. The Kier molecular flexibility index (Phi) is 3.93. The van der Waals surface area contributed by atoms with Crippen LogP contribution in [0.5, 0.6) is 0 Å². The van der Waals surface area contributed by atoms with Crippen LogP contribution >= 0.6 is 0 Å². The van der Waals surface area contributed by atoms with E-state index in [0.29, 0.717) is 10.9 Å². The van der Waals surface area contributed by atoms with Gasteiger partial charge in [0.1, 0.15) is 5.78 Å². The van der Waals surface area contributed by atoms with Gasteiger partial charge >= 0.3 is 5.69 Å². The van der Waals surface area contributed by atoms with Gasteiger partial charge in [0.15, 0.2) is 0 Å². The Morgan fingerprint density at radius 3 is 2.39 bits per heavy atom.